The Bertz CT molecular complexity index is 658. The van der Waals surface area contributed by atoms with Gasteiger partial charge in [-0.05, 0) is 18.2 Å². The van der Waals surface area contributed by atoms with Crippen LogP contribution in [0, 0.1) is 0 Å². The normalized spacial score (nSPS) is 19.5. The molecule has 1 fully saturated rings. The number of aromatic nitrogens is 1. The van der Waals surface area contributed by atoms with E-state index in [0.717, 1.165) is 18.1 Å². The zero-order chi connectivity index (χ0) is 13.2. The molecular weight excluding hydrogens is 266 g/mol. The molecule has 0 spiro atoms. The van der Waals surface area contributed by atoms with Crippen molar-refractivity contribution >= 4 is 34.5 Å². The van der Waals surface area contributed by atoms with E-state index in [1.165, 1.54) is 0 Å². The second kappa shape index (κ2) is 5.10. The average molecular weight is 279 g/mol. The predicted octanol–water partition coefficient (Wildman–Crippen LogP) is 0.765. The fourth-order valence-corrected chi connectivity index (χ4v) is 2.93. The molecule has 0 aliphatic carbocycles. The number of fused-ring (bicyclic) bond motifs is 1. The summed E-state index contributed by atoms with van der Waals surface area (Å²) in [4.78, 5) is 25.6. The Morgan fingerprint density at radius 3 is 3.16 bits per heavy atom. The van der Waals surface area contributed by atoms with Gasteiger partial charge < -0.3 is 15.1 Å². The Labute approximate surface area is 112 Å². The van der Waals surface area contributed by atoms with E-state index in [9.17, 15) is 9.59 Å². The molecule has 6 nitrogen and oxygen atoms in total. The third-order valence-corrected chi connectivity index (χ3v) is 3.99. The smallest absolute Gasteiger partial charge is 0.408 e. The molecule has 1 amide bonds. The van der Waals surface area contributed by atoms with Gasteiger partial charge in [0.1, 0.15) is 0 Å². The second-order valence-electron chi connectivity index (χ2n) is 4.30. The maximum Gasteiger partial charge on any atom is 0.417 e. The molecule has 3 rings (SSSR count). The van der Waals surface area contributed by atoms with Gasteiger partial charge >= 0.3 is 5.76 Å². The van der Waals surface area contributed by atoms with Gasteiger partial charge in [-0.1, -0.05) is 0 Å². The molecule has 2 aromatic rings. The summed E-state index contributed by atoms with van der Waals surface area (Å²) in [6.07, 6.45) is 0. The summed E-state index contributed by atoms with van der Waals surface area (Å²) in [5.74, 6) is 1.25. The van der Waals surface area contributed by atoms with E-state index in [1.54, 1.807) is 30.0 Å². The van der Waals surface area contributed by atoms with E-state index < -0.39 is 5.76 Å². The molecule has 3 N–H and O–H groups in total. The van der Waals surface area contributed by atoms with Crippen LogP contribution in [-0.2, 0) is 4.79 Å². The van der Waals surface area contributed by atoms with Gasteiger partial charge in [0, 0.05) is 23.7 Å². The van der Waals surface area contributed by atoms with Crippen molar-refractivity contribution in [1.29, 1.82) is 0 Å². The number of amides is 1. The molecule has 7 heteroatoms. The summed E-state index contributed by atoms with van der Waals surface area (Å²) in [6, 6.07) is 4.89. The number of hydrogen-bond donors (Lipinski definition) is 3. The average Bonchev–Trinajstić information content (AvgIpc) is 2.79. The lowest BCUT2D eigenvalue weighted by Gasteiger charge is -2.22. The van der Waals surface area contributed by atoms with E-state index in [0.29, 0.717) is 16.8 Å². The first kappa shape index (κ1) is 12.3. The number of hydrogen-bond acceptors (Lipinski definition) is 5. The third kappa shape index (κ3) is 2.66. The standard InChI is InChI=1S/C12H13N3O3S/c16-11(9-6-19-4-3-13-9)14-7-1-2-10-8(5-7)15-12(17)18-10/h1-2,5,9,13H,3-4,6H2,(H,14,16)(H,15,17). The van der Waals surface area contributed by atoms with Crippen molar-refractivity contribution in [2.24, 2.45) is 0 Å². The number of H-pyrrole nitrogens is 1. The summed E-state index contributed by atoms with van der Waals surface area (Å²) < 4.78 is 4.90. The first-order valence-corrected chi connectivity index (χ1v) is 7.13. The lowest BCUT2D eigenvalue weighted by molar-refractivity contribution is -0.117. The molecule has 1 atom stereocenters. The number of anilines is 1. The highest BCUT2D eigenvalue weighted by Gasteiger charge is 2.20. The van der Waals surface area contributed by atoms with Crippen molar-refractivity contribution in [3.05, 3.63) is 28.7 Å². The molecule has 2 heterocycles. The van der Waals surface area contributed by atoms with E-state index in [2.05, 4.69) is 15.6 Å². The zero-order valence-electron chi connectivity index (χ0n) is 10.1. The monoisotopic (exact) mass is 279 g/mol. The van der Waals surface area contributed by atoms with E-state index in [4.69, 9.17) is 4.42 Å². The van der Waals surface area contributed by atoms with Crippen LogP contribution in [0.3, 0.4) is 0 Å². The fourth-order valence-electron chi connectivity index (χ4n) is 1.99. The van der Waals surface area contributed by atoms with Crippen LogP contribution in [0.15, 0.2) is 27.4 Å². The topological polar surface area (TPSA) is 87.1 Å². The van der Waals surface area contributed by atoms with Crippen LogP contribution < -0.4 is 16.4 Å². The summed E-state index contributed by atoms with van der Waals surface area (Å²) >= 11 is 1.76. The number of oxazole rings is 1. The van der Waals surface area contributed by atoms with Crippen molar-refractivity contribution in [2.45, 2.75) is 6.04 Å². The van der Waals surface area contributed by atoms with Gasteiger partial charge in [0.05, 0.1) is 11.6 Å². The number of carbonyl (C=O) groups is 1. The molecule has 1 aromatic carbocycles. The van der Waals surface area contributed by atoms with Gasteiger partial charge in [-0.2, -0.15) is 11.8 Å². The molecule has 19 heavy (non-hydrogen) atoms. The molecule has 1 saturated heterocycles. The fraction of sp³-hybridized carbons (Fsp3) is 0.333. The van der Waals surface area contributed by atoms with Gasteiger partial charge in [-0.15, -0.1) is 0 Å². The molecule has 1 aromatic heterocycles. The molecule has 0 bridgehead atoms. The molecular formula is C12H13N3O3S. The predicted molar refractivity (Wildman–Crippen MR) is 74.6 cm³/mol. The van der Waals surface area contributed by atoms with Crippen molar-refractivity contribution in [1.82, 2.24) is 10.3 Å². The number of rotatable bonds is 2. The second-order valence-corrected chi connectivity index (χ2v) is 5.45. The Kier molecular flexibility index (Phi) is 3.31. The van der Waals surface area contributed by atoms with Crippen LogP contribution >= 0.6 is 11.8 Å². The first-order valence-electron chi connectivity index (χ1n) is 5.97. The van der Waals surface area contributed by atoms with Crippen molar-refractivity contribution in [3.63, 3.8) is 0 Å². The number of carbonyl (C=O) groups excluding carboxylic acids is 1. The Morgan fingerprint density at radius 1 is 1.47 bits per heavy atom. The van der Waals surface area contributed by atoms with E-state index in [-0.39, 0.29) is 11.9 Å². The Morgan fingerprint density at radius 2 is 2.37 bits per heavy atom. The third-order valence-electron chi connectivity index (χ3n) is 2.92. The molecule has 1 aliphatic rings. The van der Waals surface area contributed by atoms with Gasteiger partial charge in [-0.3, -0.25) is 9.78 Å². The minimum absolute atomic E-state index is 0.0580. The van der Waals surface area contributed by atoms with Crippen LogP contribution in [0.2, 0.25) is 0 Å². The molecule has 1 aliphatic heterocycles. The highest BCUT2D eigenvalue weighted by molar-refractivity contribution is 7.99. The van der Waals surface area contributed by atoms with Crippen LogP contribution in [0.4, 0.5) is 5.69 Å². The van der Waals surface area contributed by atoms with Crippen LogP contribution in [0.25, 0.3) is 11.1 Å². The highest BCUT2D eigenvalue weighted by atomic mass is 32.2. The zero-order valence-corrected chi connectivity index (χ0v) is 10.9. The summed E-state index contributed by atoms with van der Waals surface area (Å²) in [5, 5.41) is 6.01. The number of aromatic amines is 1. The SMILES string of the molecule is O=C(Nc1ccc2oc(=O)[nH]c2c1)C1CSCCN1. The minimum atomic E-state index is -0.496. The first-order chi connectivity index (χ1) is 9.22. The van der Waals surface area contributed by atoms with Crippen LogP contribution in [0.1, 0.15) is 0 Å². The molecule has 100 valence electrons. The van der Waals surface area contributed by atoms with Gasteiger partial charge in [-0.25, -0.2) is 4.79 Å². The lowest BCUT2D eigenvalue weighted by Crippen LogP contribution is -2.46. The minimum Gasteiger partial charge on any atom is -0.408 e. The number of thioether (sulfide) groups is 1. The largest absolute Gasteiger partial charge is 0.417 e. The Balaban J connectivity index is 1.76. The summed E-state index contributed by atoms with van der Waals surface area (Å²) in [5.41, 5.74) is 1.70. The number of benzene rings is 1. The van der Waals surface area contributed by atoms with Crippen molar-refractivity contribution in [3.8, 4) is 0 Å². The summed E-state index contributed by atoms with van der Waals surface area (Å²) in [6.45, 7) is 0.844. The lowest BCUT2D eigenvalue weighted by atomic mass is 10.2. The van der Waals surface area contributed by atoms with Crippen LogP contribution in [0.5, 0.6) is 0 Å². The molecule has 1 unspecified atom stereocenters. The summed E-state index contributed by atoms with van der Waals surface area (Å²) in [7, 11) is 0. The maximum atomic E-state index is 12.0. The maximum absolute atomic E-state index is 12.0. The Hall–Kier alpha value is -1.73. The van der Waals surface area contributed by atoms with E-state index >= 15 is 0 Å². The highest BCUT2D eigenvalue weighted by Crippen LogP contribution is 2.17. The van der Waals surface area contributed by atoms with E-state index in [1.807, 2.05) is 0 Å². The number of nitrogens with one attached hydrogen (secondary N) is 3. The van der Waals surface area contributed by atoms with Gasteiger partial charge in [0.2, 0.25) is 5.91 Å². The van der Waals surface area contributed by atoms with Crippen molar-refractivity contribution < 1.29 is 9.21 Å². The van der Waals surface area contributed by atoms with Gasteiger partial charge in [0.25, 0.3) is 0 Å². The quantitative estimate of drug-likeness (QED) is 0.755. The molecule has 0 radical (unpaired) electrons. The van der Waals surface area contributed by atoms with Crippen LogP contribution in [-0.4, -0.2) is 35.0 Å². The molecule has 0 saturated carbocycles. The van der Waals surface area contributed by atoms with Crippen molar-refractivity contribution in [2.75, 3.05) is 23.4 Å². The van der Waals surface area contributed by atoms with Gasteiger partial charge in [0.15, 0.2) is 5.58 Å².